The van der Waals surface area contributed by atoms with Crippen LogP contribution in [0.4, 0.5) is 5.69 Å². The van der Waals surface area contributed by atoms with Gasteiger partial charge in [0.05, 0.1) is 23.1 Å². The summed E-state index contributed by atoms with van der Waals surface area (Å²) in [6.45, 7) is 4.08. The van der Waals surface area contributed by atoms with Crippen molar-refractivity contribution >= 4 is 23.7 Å². The molecule has 0 unspecified atom stereocenters. The normalized spacial score (nSPS) is 15.2. The summed E-state index contributed by atoms with van der Waals surface area (Å²) in [5.41, 5.74) is 7.45. The second kappa shape index (κ2) is 7.41. The van der Waals surface area contributed by atoms with Gasteiger partial charge in [0.2, 0.25) is 0 Å². The number of hydrogen-bond acceptors (Lipinski definition) is 3. The van der Waals surface area contributed by atoms with Gasteiger partial charge in [0.15, 0.2) is 5.65 Å². The van der Waals surface area contributed by atoms with Gasteiger partial charge in [0.1, 0.15) is 0 Å². The number of anilines is 1. The van der Waals surface area contributed by atoms with E-state index in [-0.39, 0.29) is 24.0 Å². The van der Waals surface area contributed by atoms with Gasteiger partial charge in [0.25, 0.3) is 5.56 Å². The first-order valence-corrected chi connectivity index (χ1v) is 9.63. The molecule has 1 aliphatic rings. The molecule has 6 heteroatoms. The Morgan fingerprint density at radius 2 is 1.90 bits per heavy atom. The number of benzene rings is 1. The molecule has 0 radical (unpaired) electrons. The van der Waals surface area contributed by atoms with Gasteiger partial charge < -0.3 is 9.72 Å². The van der Waals surface area contributed by atoms with Crippen LogP contribution in [0, 0.1) is 13.8 Å². The highest BCUT2D eigenvalue weighted by molar-refractivity contribution is 5.85. The summed E-state index contributed by atoms with van der Waals surface area (Å²) in [6.07, 6.45) is 5.92. The van der Waals surface area contributed by atoms with Gasteiger partial charge in [-0.1, -0.05) is 30.3 Å². The third kappa shape index (κ3) is 3.21. The van der Waals surface area contributed by atoms with E-state index in [9.17, 15) is 4.79 Å². The maximum Gasteiger partial charge on any atom is 0.255 e. The van der Waals surface area contributed by atoms with Crippen LogP contribution in [0.25, 0.3) is 11.3 Å². The highest BCUT2D eigenvalue weighted by Crippen LogP contribution is 2.35. The Labute approximate surface area is 175 Å². The number of aryl methyl sites for hydroxylation is 3. The molecule has 0 fully saturated rings. The average Bonchev–Trinajstić information content (AvgIpc) is 3.24. The Morgan fingerprint density at radius 1 is 1.10 bits per heavy atom. The largest absolute Gasteiger partial charge is 0.375 e. The molecule has 1 aromatic carbocycles. The maximum atomic E-state index is 12.4. The number of hydrogen-bond donors (Lipinski definition) is 1. The molecular weight excluding hydrogens is 384 g/mol. The standard InChI is InChI=1S/C23H22N4O.ClH/c1-15-16(2)27-14-18(26-12-6-5-9-22(26)28)13-21(23(27)24-15)25-20-11-10-17-7-3-4-8-19(17)20;/h3-9,12-14,20,25H,10-11H2,1-2H3;1H/t20-;/m0./s1. The molecule has 0 amide bonds. The number of aromatic nitrogens is 3. The van der Waals surface area contributed by atoms with E-state index in [1.54, 1.807) is 22.9 Å². The van der Waals surface area contributed by atoms with E-state index in [4.69, 9.17) is 4.98 Å². The lowest BCUT2D eigenvalue weighted by Gasteiger charge is -2.18. The minimum Gasteiger partial charge on any atom is -0.375 e. The number of pyridine rings is 2. The quantitative estimate of drug-likeness (QED) is 0.540. The molecule has 1 N–H and O–H groups in total. The molecule has 5 nitrogen and oxygen atoms in total. The molecule has 29 heavy (non-hydrogen) atoms. The molecule has 3 aromatic heterocycles. The highest BCUT2D eigenvalue weighted by Gasteiger charge is 2.23. The summed E-state index contributed by atoms with van der Waals surface area (Å²) >= 11 is 0. The fraction of sp³-hybridized carbons (Fsp3) is 0.217. The number of nitrogens with one attached hydrogen (secondary N) is 1. The topological polar surface area (TPSA) is 51.3 Å². The minimum atomic E-state index is -0.0477. The minimum absolute atomic E-state index is 0. The predicted octanol–water partition coefficient (Wildman–Crippen LogP) is 4.62. The molecule has 0 saturated carbocycles. The second-order valence-corrected chi connectivity index (χ2v) is 7.43. The van der Waals surface area contributed by atoms with Crippen LogP contribution in [0.3, 0.4) is 0 Å². The SMILES string of the molecule is Cc1nc2c(N[C@H]3CCc4ccccc43)cc(-n3ccccc3=O)cn2c1C.Cl. The number of imidazole rings is 1. The van der Waals surface area contributed by atoms with E-state index in [2.05, 4.69) is 40.9 Å². The molecule has 0 spiro atoms. The third-order valence-corrected chi connectivity index (χ3v) is 5.74. The summed E-state index contributed by atoms with van der Waals surface area (Å²) in [6, 6.07) is 16.1. The fourth-order valence-corrected chi connectivity index (χ4v) is 4.13. The lowest BCUT2D eigenvalue weighted by Crippen LogP contribution is -2.17. The molecule has 1 atom stereocenters. The van der Waals surface area contributed by atoms with Crippen LogP contribution >= 0.6 is 12.4 Å². The number of nitrogens with zero attached hydrogens (tertiary/aromatic N) is 3. The zero-order valence-corrected chi connectivity index (χ0v) is 17.2. The zero-order chi connectivity index (χ0) is 19.3. The van der Waals surface area contributed by atoms with Gasteiger partial charge in [-0.25, -0.2) is 4.98 Å². The summed E-state index contributed by atoms with van der Waals surface area (Å²) in [5, 5.41) is 3.71. The molecule has 4 aromatic rings. The number of rotatable bonds is 3. The number of halogens is 1. The number of fused-ring (bicyclic) bond motifs is 2. The molecule has 5 rings (SSSR count). The Balaban J connectivity index is 0.00000205. The lowest BCUT2D eigenvalue weighted by atomic mass is 10.1. The smallest absolute Gasteiger partial charge is 0.255 e. The zero-order valence-electron chi connectivity index (χ0n) is 16.4. The summed E-state index contributed by atoms with van der Waals surface area (Å²) < 4.78 is 3.75. The molecule has 148 valence electrons. The van der Waals surface area contributed by atoms with Crippen LogP contribution in [0.1, 0.15) is 35.0 Å². The molecule has 0 bridgehead atoms. The second-order valence-electron chi connectivity index (χ2n) is 7.43. The average molecular weight is 407 g/mol. The fourth-order valence-electron chi connectivity index (χ4n) is 4.13. The van der Waals surface area contributed by atoms with E-state index in [0.29, 0.717) is 0 Å². The van der Waals surface area contributed by atoms with Crippen LogP contribution in [0.5, 0.6) is 0 Å². The van der Waals surface area contributed by atoms with Crippen LogP contribution < -0.4 is 10.9 Å². The van der Waals surface area contributed by atoms with Crippen molar-refractivity contribution in [3.8, 4) is 5.69 Å². The summed E-state index contributed by atoms with van der Waals surface area (Å²) in [5.74, 6) is 0. The van der Waals surface area contributed by atoms with Crippen molar-refractivity contribution in [1.82, 2.24) is 14.0 Å². The lowest BCUT2D eigenvalue weighted by molar-refractivity contribution is 0.761. The third-order valence-electron chi connectivity index (χ3n) is 5.74. The van der Waals surface area contributed by atoms with Gasteiger partial charge in [-0.3, -0.25) is 9.36 Å². The predicted molar refractivity (Wildman–Crippen MR) is 119 cm³/mol. The van der Waals surface area contributed by atoms with E-state index < -0.39 is 0 Å². The van der Waals surface area contributed by atoms with Crippen molar-refractivity contribution in [1.29, 1.82) is 0 Å². The van der Waals surface area contributed by atoms with Crippen LogP contribution in [-0.2, 0) is 6.42 Å². The van der Waals surface area contributed by atoms with Crippen LogP contribution in [0.15, 0.2) is 65.7 Å². The monoisotopic (exact) mass is 406 g/mol. The molecule has 0 saturated heterocycles. The first-order valence-electron chi connectivity index (χ1n) is 9.63. The van der Waals surface area contributed by atoms with Crippen molar-refractivity contribution in [2.75, 3.05) is 5.32 Å². The first kappa shape index (κ1) is 19.3. The molecule has 0 aliphatic heterocycles. The summed E-state index contributed by atoms with van der Waals surface area (Å²) in [7, 11) is 0. The Hall–Kier alpha value is -3.05. The van der Waals surface area contributed by atoms with Gasteiger partial charge >= 0.3 is 0 Å². The van der Waals surface area contributed by atoms with Crippen LogP contribution in [-0.4, -0.2) is 14.0 Å². The first-order chi connectivity index (χ1) is 13.6. The van der Waals surface area contributed by atoms with Crippen molar-refractivity contribution in [2.24, 2.45) is 0 Å². The summed E-state index contributed by atoms with van der Waals surface area (Å²) in [4.78, 5) is 17.2. The molecule has 1 aliphatic carbocycles. The van der Waals surface area contributed by atoms with Crippen molar-refractivity contribution in [3.05, 3.63) is 93.8 Å². The Morgan fingerprint density at radius 3 is 2.72 bits per heavy atom. The Kier molecular flexibility index (Phi) is 4.92. The highest BCUT2D eigenvalue weighted by atomic mass is 35.5. The van der Waals surface area contributed by atoms with E-state index >= 15 is 0 Å². The van der Waals surface area contributed by atoms with Gasteiger partial charge in [-0.15, -0.1) is 12.4 Å². The van der Waals surface area contributed by atoms with Gasteiger partial charge in [-0.2, -0.15) is 0 Å². The van der Waals surface area contributed by atoms with E-state index in [0.717, 1.165) is 41.3 Å². The van der Waals surface area contributed by atoms with Crippen LogP contribution in [0.2, 0.25) is 0 Å². The maximum absolute atomic E-state index is 12.4. The van der Waals surface area contributed by atoms with Crippen molar-refractivity contribution in [3.63, 3.8) is 0 Å². The van der Waals surface area contributed by atoms with Gasteiger partial charge in [-0.05, 0) is 49.9 Å². The van der Waals surface area contributed by atoms with Gasteiger partial charge in [0, 0.05) is 24.2 Å². The van der Waals surface area contributed by atoms with Crippen molar-refractivity contribution < 1.29 is 0 Å². The van der Waals surface area contributed by atoms with E-state index in [1.165, 1.54) is 11.1 Å². The van der Waals surface area contributed by atoms with E-state index in [1.807, 2.05) is 25.3 Å². The molecule has 3 heterocycles. The molecular formula is C23H23ClN4O. The van der Waals surface area contributed by atoms with Crippen molar-refractivity contribution in [2.45, 2.75) is 32.7 Å². The Bertz CT molecular complexity index is 1260.